The first-order valence-corrected chi connectivity index (χ1v) is 6.46. The summed E-state index contributed by atoms with van der Waals surface area (Å²) in [5.41, 5.74) is 2.67. The second-order valence-corrected chi connectivity index (χ2v) is 4.62. The summed E-state index contributed by atoms with van der Waals surface area (Å²) in [6.07, 6.45) is 0. The Kier molecular flexibility index (Phi) is 5.57. The standard InChI is InChI=1S/C11H17N3O3S/c1-4-17-10(15)5-12-11(16)14(3)6-9-8(2)13-7-18-9/h7H,4-6H2,1-3H3,(H,12,16). The Labute approximate surface area is 110 Å². The molecule has 0 atom stereocenters. The molecule has 0 bridgehead atoms. The minimum Gasteiger partial charge on any atom is -0.465 e. The van der Waals surface area contributed by atoms with E-state index >= 15 is 0 Å². The molecule has 18 heavy (non-hydrogen) atoms. The summed E-state index contributed by atoms with van der Waals surface area (Å²) in [6, 6.07) is -0.309. The third kappa shape index (κ3) is 4.33. The Morgan fingerprint density at radius 3 is 2.83 bits per heavy atom. The minimum absolute atomic E-state index is 0.112. The van der Waals surface area contributed by atoms with E-state index in [1.54, 1.807) is 19.5 Å². The molecule has 0 fully saturated rings. The van der Waals surface area contributed by atoms with Crippen LogP contribution in [-0.2, 0) is 16.1 Å². The zero-order valence-electron chi connectivity index (χ0n) is 10.7. The maximum Gasteiger partial charge on any atom is 0.325 e. The number of rotatable bonds is 5. The number of aryl methyl sites for hydroxylation is 1. The molecule has 6 nitrogen and oxygen atoms in total. The largest absolute Gasteiger partial charge is 0.465 e. The Hall–Kier alpha value is -1.63. The topological polar surface area (TPSA) is 71.5 Å². The lowest BCUT2D eigenvalue weighted by Gasteiger charge is -2.17. The first-order valence-electron chi connectivity index (χ1n) is 5.58. The molecule has 0 aliphatic heterocycles. The number of amides is 2. The van der Waals surface area contributed by atoms with Gasteiger partial charge in [-0.2, -0.15) is 0 Å². The van der Waals surface area contributed by atoms with Crippen molar-refractivity contribution in [1.82, 2.24) is 15.2 Å². The van der Waals surface area contributed by atoms with Gasteiger partial charge < -0.3 is 15.0 Å². The average Bonchev–Trinajstić information content (AvgIpc) is 2.72. The van der Waals surface area contributed by atoms with Gasteiger partial charge in [-0.1, -0.05) is 0 Å². The van der Waals surface area contributed by atoms with Gasteiger partial charge in [0.05, 0.1) is 24.4 Å². The van der Waals surface area contributed by atoms with Crippen molar-refractivity contribution >= 4 is 23.3 Å². The van der Waals surface area contributed by atoms with Crippen molar-refractivity contribution in [2.24, 2.45) is 0 Å². The van der Waals surface area contributed by atoms with E-state index in [1.165, 1.54) is 16.2 Å². The number of aromatic nitrogens is 1. The molecule has 2 amide bonds. The number of thiazole rings is 1. The highest BCUT2D eigenvalue weighted by Crippen LogP contribution is 2.13. The Morgan fingerprint density at radius 2 is 2.28 bits per heavy atom. The van der Waals surface area contributed by atoms with Crippen molar-refractivity contribution in [2.75, 3.05) is 20.2 Å². The molecule has 0 radical (unpaired) electrons. The number of nitrogens with one attached hydrogen (secondary N) is 1. The molecular formula is C11H17N3O3S. The normalized spacial score (nSPS) is 9.94. The average molecular weight is 271 g/mol. The highest BCUT2D eigenvalue weighted by molar-refractivity contribution is 7.09. The zero-order chi connectivity index (χ0) is 13.5. The molecule has 0 aromatic carbocycles. The van der Waals surface area contributed by atoms with Gasteiger partial charge in [-0.05, 0) is 13.8 Å². The molecule has 1 aromatic rings. The Bertz CT molecular complexity index is 419. The summed E-state index contributed by atoms with van der Waals surface area (Å²) in [5, 5.41) is 2.50. The molecular weight excluding hydrogens is 254 g/mol. The first kappa shape index (κ1) is 14.4. The van der Waals surface area contributed by atoms with Crippen LogP contribution in [0.4, 0.5) is 4.79 Å². The van der Waals surface area contributed by atoms with Crippen molar-refractivity contribution in [2.45, 2.75) is 20.4 Å². The first-order chi connectivity index (χ1) is 8.54. The van der Waals surface area contributed by atoms with E-state index in [9.17, 15) is 9.59 Å². The summed E-state index contributed by atoms with van der Waals surface area (Å²) >= 11 is 1.50. The lowest BCUT2D eigenvalue weighted by Crippen LogP contribution is -2.39. The molecule has 100 valence electrons. The number of carbonyl (C=O) groups excluding carboxylic acids is 2. The maximum atomic E-state index is 11.7. The fourth-order valence-electron chi connectivity index (χ4n) is 1.26. The van der Waals surface area contributed by atoms with E-state index in [-0.39, 0.29) is 12.6 Å². The number of urea groups is 1. The van der Waals surface area contributed by atoms with Gasteiger partial charge in [0.1, 0.15) is 6.54 Å². The summed E-state index contributed by atoms with van der Waals surface area (Å²) in [6.45, 7) is 4.29. The van der Waals surface area contributed by atoms with Crippen LogP contribution < -0.4 is 5.32 Å². The molecule has 0 saturated carbocycles. The second kappa shape index (κ2) is 6.95. The smallest absolute Gasteiger partial charge is 0.325 e. The van der Waals surface area contributed by atoms with Crippen LogP contribution >= 0.6 is 11.3 Å². The van der Waals surface area contributed by atoms with Crippen molar-refractivity contribution < 1.29 is 14.3 Å². The molecule has 1 rings (SSSR count). The molecule has 1 aromatic heterocycles. The van der Waals surface area contributed by atoms with E-state index in [2.05, 4.69) is 10.3 Å². The number of esters is 1. The lowest BCUT2D eigenvalue weighted by atomic mass is 10.4. The van der Waals surface area contributed by atoms with Crippen LogP contribution in [0, 0.1) is 6.92 Å². The molecule has 1 heterocycles. The van der Waals surface area contributed by atoms with Gasteiger partial charge in [-0.25, -0.2) is 9.78 Å². The van der Waals surface area contributed by atoms with Crippen LogP contribution in [0.1, 0.15) is 17.5 Å². The van der Waals surface area contributed by atoms with Gasteiger partial charge in [-0.3, -0.25) is 4.79 Å². The fraction of sp³-hybridized carbons (Fsp3) is 0.545. The van der Waals surface area contributed by atoms with Gasteiger partial charge in [0.15, 0.2) is 0 Å². The third-order valence-corrected chi connectivity index (χ3v) is 3.18. The van der Waals surface area contributed by atoms with Crippen molar-refractivity contribution in [3.05, 3.63) is 16.1 Å². The number of carbonyl (C=O) groups is 2. The zero-order valence-corrected chi connectivity index (χ0v) is 11.5. The molecule has 7 heteroatoms. The third-order valence-electron chi connectivity index (χ3n) is 2.26. The van der Waals surface area contributed by atoms with Crippen LogP contribution in [-0.4, -0.2) is 42.1 Å². The number of nitrogens with zero attached hydrogens (tertiary/aromatic N) is 2. The summed E-state index contributed by atoms with van der Waals surface area (Å²) in [5.74, 6) is -0.437. The number of ether oxygens (including phenoxy) is 1. The van der Waals surface area contributed by atoms with Crippen molar-refractivity contribution in [1.29, 1.82) is 0 Å². The van der Waals surface area contributed by atoms with Gasteiger partial charge in [0.2, 0.25) is 0 Å². The molecule has 0 aliphatic rings. The van der Waals surface area contributed by atoms with Crippen LogP contribution in [0.2, 0.25) is 0 Å². The van der Waals surface area contributed by atoms with Gasteiger partial charge in [0, 0.05) is 11.9 Å². The lowest BCUT2D eigenvalue weighted by molar-refractivity contribution is -0.141. The number of hydrogen-bond donors (Lipinski definition) is 1. The van der Waals surface area contributed by atoms with Crippen LogP contribution in [0.3, 0.4) is 0 Å². The quantitative estimate of drug-likeness (QED) is 0.816. The van der Waals surface area contributed by atoms with E-state index < -0.39 is 5.97 Å². The van der Waals surface area contributed by atoms with E-state index in [4.69, 9.17) is 4.74 Å². The summed E-state index contributed by atoms with van der Waals surface area (Å²) < 4.78 is 4.72. The second-order valence-electron chi connectivity index (χ2n) is 3.68. The van der Waals surface area contributed by atoms with Gasteiger partial charge >= 0.3 is 12.0 Å². The predicted octanol–water partition coefficient (Wildman–Crippen LogP) is 1.16. The molecule has 1 N–H and O–H groups in total. The Morgan fingerprint density at radius 1 is 1.56 bits per heavy atom. The fourth-order valence-corrected chi connectivity index (χ4v) is 2.09. The SMILES string of the molecule is CCOC(=O)CNC(=O)N(C)Cc1scnc1C. The molecule has 0 spiro atoms. The Balaban J connectivity index is 2.38. The van der Waals surface area contributed by atoms with Crippen LogP contribution in [0.15, 0.2) is 5.51 Å². The van der Waals surface area contributed by atoms with Gasteiger partial charge in [-0.15, -0.1) is 11.3 Å². The monoisotopic (exact) mass is 271 g/mol. The van der Waals surface area contributed by atoms with E-state index in [1.807, 2.05) is 6.92 Å². The maximum absolute atomic E-state index is 11.7. The summed E-state index contributed by atoms with van der Waals surface area (Å²) in [4.78, 5) is 29.4. The highest BCUT2D eigenvalue weighted by atomic mass is 32.1. The van der Waals surface area contributed by atoms with Gasteiger partial charge in [0.25, 0.3) is 0 Å². The minimum atomic E-state index is -0.437. The molecule has 0 saturated heterocycles. The van der Waals surface area contributed by atoms with E-state index in [0.717, 1.165) is 10.6 Å². The van der Waals surface area contributed by atoms with E-state index in [0.29, 0.717) is 13.2 Å². The summed E-state index contributed by atoms with van der Waals surface area (Å²) in [7, 11) is 1.67. The van der Waals surface area contributed by atoms with Crippen molar-refractivity contribution in [3.8, 4) is 0 Å². The van der Waals surface area contributed by atoms with Crippen LogP contribution in [0.5, 0.6) is 0 Å². The highest BCUT2D eigenvalue weighted by Gasteiger charge is 2.13. The molecule has 0 aliphatic carbocycles. The van der Waals surface area contributed by atoms with Crippen LogP contribution in [0.25, 0.3) is 0 Å². The molecule has 0 unspecified atom stereocenters. The predicted molar refractivity (Wildman–Crippen MR) is 68.3 cm³/mol. The number of hydrogen-bond acceptors (Lipinski definition) is 5. The van der Waals surface area contributed by atoms with Crippen molar-refractivity contribution in [3.63, 3.8) is 0 Å².